The first-order valence-electron chi connectivity index (χ1n) is 8.33. The number of aryl methyl sites for hydroxylation is 1. The third kappa shape index (κ3) is 2.63. The molecule has 2 aromatic heterocycles. The van der Waals surface area contributed by atoms with E-state index in [2.05, 4.69) is 16.0 Å². The topological polar surface area (TPSA) is 60.2 Å². The molecule has 0 bridgehead atoms. The number of benzene rings is 1. The molecule has 0 N–H and O–H groups in total. The van der Waals surface area contributed by atoms with Crippen molar-refractivity contribution in [3.8, 4) is 5.75 Å². The van der Waals surface area contributed by atoms with E-state index in [1.807, 2.05) is 43.8 Å². The Morgan fingerprint density at radius 2 is 2.16 bits per heavy atom. The smallest absolute Gasteiger partial charge is 0.255 e. The molecule has 0 spiro atoms. The Morgan fingerprint density at radius 3 is 2.96 bits per heavy atom. The van der Waals surface area contributed by atoms with Gasteiger partial charge in [0, 0.05) is 26.7 Å². The van der Waals surface area contributed by atoms with E-state index in [0.717, 1.165) is 23.3 Å². The summed E-state index contributed by atoms with van der Waals surface area (Å²) in [6.07, 6.45) is 4.08. The fourth-order valence-electron chi connectivity index (χ4n) is 3.25. The summed E-state index contributed by atoms with van der Waals surface area (Å²) in [5, 5.41) is 0. The van der Waals surface area contributed by atoms with Crippen molar-refractivity contribution in [3.63, 3.8) is 0 Å². The van der Waals surface area contributed by atoms with Crippen LogP contribution >= 0.6 is 0 Å². The van der Waals surface area contributed by atoms with Gasteiger partial charge < -0.3 is 14.2 Å². The van der Waals surface area contributed by atoms with Crippen molar-refractivity contribution in [1.82, 2.24) is 19.4 Å². The van der Waals surface area contributed by atoms with Crippen LogP contribution in [0.1, 0.15) is 22.8 Å². The normalized spacial score (nSPS) is 17.2. The quantitative estimate of drug-likeness (QED) is 0.737. The van der Waals surface area contributed by atoms with Crippen molar-refractivity contribution < 1.29 is 9.53 Å². The van der Waals surface area contributed by atoms with Crippen molar-refractivity contribution in [2.45, 2.75) is 25.5 Å². The lowest BCUT2D eigenvalue weighted by molar-refractivity contribution is 0.0598. The van der Waals surface area contributed by atoms with Crippen LogP contribution in [0.3, 0.4) is 0 Å². The minimum atomic E-state index is -0.0768. The monoisotopic (exact) mass is 336 g/mol. The van der Waals surface area contributed by atoms with Crippen LogP contribution in [0.2, 0.25) is 0 Å². The highest BCUT2D eigenvalue weighted by molar-refractivity contribution is 5.96. The van der Waals surface area contributed by atoms with Crippen LogP contribution in [0.5, 0.6) is 5.75 Å². The first-order valence-corrected chi connectivity index (χ1v) is 8.33. The lowest BCUT2D eigenvalue weighted by Crippen LogP contribution is -2.44. The summed E-state index contributed by atoms with van der Waals surface area (Å²) in [5.74, 6) is 0.837. The highest BCUT2D eigenvalue weighted by Gasteiger charge is 2.32. The van der Waals surface area contributed by atoms with E-state index in [1.165, 1.54) is 5.56 Å². The molecule has 1 aliphatic rings. The van der Waals surface area contributed by atoms with Crippen molar-refractivity contribution in [2.24, 2.45) is 7.05 Å². The molecule has 0 saturated carbocycles. The maximum absolute atomic E-state index is 12.9. The lowest BCUT2D eigenvalue weighted by atomic mass is 10.0. The summed E-state index contributed by atoms with van der Waals surface area (Å²) in [7, 11) is 3.69. The molecule has 6 heteroatoms. The number of ether oxygens (including phenoxy) is 1. The molecular weight excluding hydrogens is 316 g/mol. The Hall–Kier alpha value is -2.89. The molecule has 1 aliphatic heterocycles. The maximum atomic E-state index is 12.9. The fraction of sp³-hybridized carbons (Fsp3) is 0.316. The third-order valence-electron chi connectivity index (χ3n) is 4.94. The van der Waals surface area contributed by atoms with Gasteiger partial charge in [0.1, 0.15) is 17.4 Å². The number of hydrogen-bond donors (Lipinski definition) is 0. The van der Waals surface area contributed by atoms with Gasteiger partial charge in [-0.1, -0.05) is 18.2 Å². The van der Waals surface area contributed by atoms with Gasteiger partial charge >= 0.3 is 0 Å². The number of nitrogens with zero attached hydrogens (tertiary/aromatic N) is 4. The molecule has 128 valence electrons. The molecule has 6 nitrogen and oxygen atoms in total. The molecule has 0 aliphatic carbocycles. The second kappa shape index (κ2) is 5.88. The number of hydrogen-bond acceptors (Lipinski definition) is 4. The number of amides is 1. The SMILES string of the molecule is C[C@H]([C@@H]1Cc2ccccc2O1)N(C)C(=O)c1cnc2c(c1)ncn2C. The zero-order valence-electron chi connectivity index (χ0n) is 14.5. The lowest BCUT2D eigenvalue weighted by Gasteiger charge is -2.29. The molecule has 25 heavy (non-hydrogen) atoms. The summed E-state index contributed by atoms with van der Waals surface area (Å²) in [6.45, 7) is 2.02. The van der Waals surface area contributed by atoms with Crippen LogP contribution in [0.25, 0.3) is 11.2 Å². The van der Waals surface area contributed by atoms with Crippen molar-refractivity contribution in [1.29, 1.82) is 0 Å². The highest BCUT2D eigenvalue weighted by atomic mass is 16.5. The summed E-state index contributed by atoms with van der Waals surface area (Å²) < 4.78 is 7.86. The molecule has 2 atom stereocenters. The van der Waals surface area contributed by atoms with Gasteiger partial charge in [-0.2, -0.15) is 0 Å². The van der Waals surface area contributed by atoms with Crippen LogP contribution in [0, 0.1) is 0 Å². The molecule has 3 heterocycles. The second-order valence-electron chi connectivity index (χ2n) is 6.55. The Balaban J connectivity index is 1.53. The summed E-state index contributed by atoms with van der Waals surface area (Å²) in [4.78, 5) is 23.2. The van der Waals surface area contributed by atoms with Crippen molar-refractivity contribution in [2.75, 3.05) is 7.05 Å². The fourth-order valence-corrected chi connectivity index (χ4v) is 3.25. The number of fused-ring (bicyclic) bond motifs is 2. The number of imidazole rings is 1. The zero-order chi connectivity index (χ0) is 17.6. The average molecular weight is 336 g/mol. The van der Waals surface area contributed by atoms with Crippen LogP contribution in [0.15, 0.2) is 42.9 Å². The van der Waals surface area contributed by atoms with Crippen molar-refractivity contribution in [3.05, 3.63) is 54.0 Å². The molecular formula is C19H20N4O2. The van der Waals surface area contributed by atoms with Gasteiger partial charge in [0.15, 0.2) is 5.65 Å². The molecule has 0 unspecified atom stereocenters. The largest absolute Gasteiger partial charge is 0.488 e. The van der Waals surface area contributed by atoms with E-state index in [9.17, 15) is 4.79 Å². The molecule has 1 amide bonds. The molecule has 0 saturated heterocycles. The molecule has 0 fully saturated rings. The Kier molecular flexibility index (Phi) is 3.67. The highest BCUT2D eigenvalue weighted by Crippen LogP contribution is 2.30. The van der Waals surface area contributed by atoms with Gasteiger partial charge in [-0.15, -0.1) is 0 Å². The number of aromatic nitrogens is 3. The number of carbonyl (C=O) groups excluding carboxylic acids is 1. The van der Waals surface area contributed by atoms with Crippen LogP contribution in [0.4, 0.5) is 0 Å². The number of pyridine rings is 1. The summed E-state index contributed by atoms with van der Waals surface area (Å²) >= 11 is 0. The number of carbonyl (C=O) groups is 1. The Morgan fingerprint density at radius 1 is 1.36 bits per heavy atom. The van der Waals surface area contributed by atoms with Gasteiger partial charge in [-0.05, 0) is 24.6 Å². The third-order valence-corrected chi connectivity index (χ3v) is 4.94. The van der Waals surface area contributed by atoms with Gasteiger partial charge in [0.2, 0.25) is 0 Å². The van der Waals surface area contributed by atoms with E-state index >= 15 is 0 Å². The predicted molar refractivity (Wildman–Crippen MR) is 94.6 cm³/mol. The zero-order valence-corrected chi connectivity index (χ0v) is 14.5. The molecule has 3 aromatic rings. The Labute approximate surface area is 146 Å². The first-order chi connectivity index (χ1) is 12.0. The predicted octanol–water partition coefficient (Wildman–Crippen LogP) is 2.43. The van der Waals surface area contributed by atoms with Gasteiger partial charge in [0.25, 0.3) is 5.91 Å². The van der Waals surface area contributed by atoms with Crippen LogP contribution < -0.4 is 4.74 Å². The first kappa shape index (κ1) is 15.6. The summed E-state index contributed by atoms with van der Waals surface area (Å²) in [5.41, 5.74) is 3.22. The summed E-state index contributed by atoms with van der Waals surface area (Å²) in [6, 6.07) is 9.76. The minimum Gasteiger partial charge on any atom is -0.488 e. The Bertz CT molecular complexity index is 925. The molecule has 1 aromatic carbocycles. The maximum Gasteiger partial charge on any atom is 0.255 e. The van der Waals surface area contributed by atoms with Gasteiger partial charge in [-0.3, -0.25) is 4.79 Å². The standard InChI is InChI=1S/C19H20N4O2/c1-12(17-9-13-6-4-5-7-16(13)25-17)23(3)19(24)14-8-15-18(20-10-14)22(2)11-21-15/h4-8,10-12,17H,9H2,1-3H3/t12-,17+/m1/s1. The number of rotatable bonds is 3. The number of likely N-dealkylation sites (N-methyl/N-ethyl adjacent to an activating group) is 1. The van der Waals surface area contributed by atoms with Crippen LogP contribution in [-0.4, -0.2) is 44.5 Å². The van der Waals surface area contributed by atoms with E-state index in [-0.39, 0.29) is 18.1 Å². The van der Waals surface area contributed by atoms with E-state index < -0.39 is 0 Å². The number of para-hydroxylation sites is 1. The van der Waals surface area contributed by atoms with Crippen LogP contribution in [-0.2, 0) is 13.5 Å². The average Bonchev–Trinajstić information content (AvgIpc) is 3.23. The van der Waals surface area contributed by atoms with E-state index in [0.29, 0.717) is 5.56 Å². The van der Waals surface area contributed by atoms with Gasteiger partial charge in [0.05, 0.1) is 17.9 Å². The van der Waals surface area contributed by atoms with E-state index in [4.69, 9.17) is 4.74 Å². The molecule has 0 radical (unpaired) electrons. The molecule has 4 rings (SSSR count). The second-order valence-corrected chi connectivity index (χ2v) is 6.55. The van der Waals surface area contributed by atoms with E-state index in [1.54, 1.807) is 23.5 Å². The van der Waals surface area contributed by atoms with Gasteiger partial charge in [-0.25, -0.2) is 9.97 Å². The minimum absolute atomic E-state index is 0.0436. The van der Waals surface area contributed by atoms with Crippen molar-refractivity contribution >= 4 is 17.1 Å².